The van der Waals surface area contributed by atoms with Crippen LogP contribution in [0.5, 0.6) is 5.75 Å². The minimum atomic E-state index is -0.0286. The smallest absolute Gasteiger partial charge is 0.254 e. The van der Waals surface area contributed by atoms with Gasteiger partial charge in [-0.05, 0) is 37.1 Å². The molecule has 0 bridgehead atoms. The van der Waals surface area contributed by atoms with Gasteiger partial charge in [-0.25, -0.2) is 0 Å². The second kappa shape index (κ2) is 9.30. The maximum Gasteiger partial charge on any atom is 0.254 e. The SMILES string of the molecule is C[C@H]1COc2ccc(C(=O)N3CCOCC3)cc2CN1C(=O)CCc1ccccc1. The molecule has 1 atom stereocenters. The number of aryl methyl sites for hydroxylation is 1. The fourth-order valence-electron chi connectivity index (χ4n) is 3.94. The summed E-state index contributed by atoms with van der Waals surface area (Å²) in [5, 5.41) is 0. The second-order valence-corrected chi connectivity index (χ2v) is 7.89. The highest BCUT2D eigenvalue weighted by atomic mass is 16.5. The van der Waals surface area contributed by atoms with E-state index in [-0.39, 0.29) is 17.9 Å². The van der Waals surface area contributed by atoms with Gasteiger partial charge in [0.15, 0.2) is 0 Å². The predicted octanol–water partition coefficient (Wildman–Crippen LogP) is 2.90. The number of carbonyl (C=O) groups excluding carboxylic acids is 2. The molecule has 1 fully saturated rings. The molecule has 0 radical (unpaired) electrons. The lowest BCUT2D eigenvalue weighted by Gasteiger charge is -2.27. The van der Waals surface area contributed by atoms with Gasteiger partial charge < -0.3 is 19.3 Å². The van der Waals surface area contributed by atoms with E-state index in [4.69, 9.17) is 9.47 Å². The molecule has 2 heterocycles. The third-order valence-corrected chi connectivity index (χ3v) is 5.75. The Kier molecular flexibility index (Phi) is 6.33. The average Bonchev–Trinajstić information content (AvgIpc) is 2.96. The first-order valence-corrected chi connectivity index (χ1v) is 10.6. The lowest BCUT2D eigenvalue weighted by molar-refractivity contribution is -0.134. The van der Waals surface area contributed by atoms with Gasteiger partial charge in [0.1, 0.15) is 12.4 Å². The molecule has 6 nitrogen and oxygen atoms in total. The highest BCUT2D eigenvalue weighted by molar-refractivity contribution is 5.94. The van der Waals surface area contributed by atoms with E-state index in [1.807, 2.05) is 65.3 Å². The molecule has 0 aromatic heterocycles. The molecule has 2 aromatic rings. The van der Waals surface area contributed by atoms with Gasteiger partial charge in [-0.2, -0.15) is 0 Å². The van der Waals surface area contributed by atoms with Crippen LogP contribution in [-0.4, -0.2) is 60.6 Å². The monoisotopic (exact) mass is 408 g/mol. The van der Waals surface area contributed by atoms with Crippen molar-refractivity contribution in [2.24, 2.45) is 0 Å². The van der Waals surface area contributed by atoms with Gasteiger partial charge in [0.25, 0.3) is 5.91 Å². The normalized spacial score (nSPS) is 18.9. The van der Waals surface area contributed by atoms with Crippen molar-refractivity contribution >= 4 is 11.8 Å². The molecular formula is C24H28N2O4. The number of ether oxygens (including phenoxy) is 2. The average molecular weight is 408 g/mol. The van der Waals surface area contributed by atoms with Crippen LogP contribution in [-0.2, 0) is 22.5 Å². The van der Waals surface area contributed by atoms with Gasteiger partial charge in [0, 0.05) is 37.2 Å². The van der Waals surface area contributed by atoms with Gasteiger partial charge in [-0.15, -0.1) is 0 Å². The topological polar surface area (TPSA) is 59.1 Å². The van der Waals surface area contributed by atoms with E-state index in [0.717, 1.165) is 16.9 Å². The molecule has 4 rings (SSSR count). The Labute approximate surface area is 177 Å². The molecule has 0 unspecified atom stereocenters. The maximum absolute atomic E-state index is 13.0. The molecule has 158 valence electrons. The Morgan fingerprint density at radius 1 is 1.07 bits per heavy atom. The molecule has 2 aliphatic rings. The highest BCUT2D eigenvalue weighted by Crippen LogP contribution is 2.27. The second-order valence-electron chi connectivity index (χ2n) is 7.89. The van der Waals surface area contributed by atoms with Crippen LogP contribution in [0.15, 0.2) is 48.5 Å². The molecular weight excluding hydrogens is 380 g/mol. The first kappa shape index (κ1) is 20.4. The van der Waals surface area contributed by atoms with Crippen LogP contribution in [0.25, 0.3) is 0 Å². The van der Waals surface area contributed by atoms with E-state index in [2.05, 4.69) is 0 Å². The Balaban J connectivity index is 1.48. The zero-order valence-electron chi connectivity index (χ0n) is 17.4. The first-order chi connectivity index (χ1) is 14.6. The summed E-state index contributed by atoms with van der Waals surface area (Å²) in [6.45, 7) is 5.25. The quantitative estimate of drug-likeness (QED) is 0.781. The largest absolute Gasteiger partial charge is 0.491 e. The Morgan fingerprint density at radius 3 is 2.60 bits per heavy atom. The fourth-order valence-corrected chi connectivity index (χ4v) is 3.94. The van der Waals surface area contributed by atoms with Crippen molar-refractivity contribution in [3.8, 4) is 5.75 Å². The molecule has 30 heavy (non-hydrogen) atoms. The predicted molar refractivity (Wildman–Crippen MR) is 113 cm³/mol. The molecule has 0 saturated carbocycles. The van der Waals surface area contributed by atoms with Crippen molar-refractivity contribution in [3.63, 3.8) is 0 Å². The van der Waals surface area contributed by atoms with Crippen molar-refractivity contribution in [2.45, 2.75) is 32.4 Å². The molecule has 2 amide bonds. The van der Waals surface area contributed by atoms with Gasteiger partial charge in [-0.1, -0.05) is 30.3 Å². The van der Waals surface area contributed by atoms with Crippen LogP contribution < -0.4 is 4.74 Å². The number of nitrogens with zero attached hydrogens (tertiary/aromatic N) is 2. The number of hydrogen-bond donors (Lipinski definition) is 0. The maximum atomic E-state index is 13.0. The zero-order chi connectivity index (χ0) is 20.9. The Morgan fingerprint density at radius 2 is 1.83 bits per heavy atom. The number of benzene rings is 2. The zero-order valence-corrected chi connectivity index (χ0v) is 17.4. The van der Waals surface area contributed by atoms with Crippen LogP contribution >= 0.6 is 0 Å². The van der Waals surface area contributed by atoms with E-state index in [1.165, 1.54) is 0 Å². The van der Waals surface area contributed by atoms with E-state index in [9.17, 15) is 9.59 Å². The van der Waals surface area contributed by atoms with Crippen molar-refractivity contribution in [3.05, 3.63) is 65.2 Å². The summed E-state index contributed by atoms with van der Waals surface area (Å²) in [6, 6.07) is 15.6. The standard InChI is InChI=1S/C24H28N2O4/c1-18-17-30-22-9-8-20(24(28)25-11-13-29-14-12-25)15-21(22)16-26(18)23(27)10-7-19-5-3-2-4-6-19/h2-6,8-9,15,18H,7,10-14,16-17H2,1H3/t18-/m0/s1. The van der Waals surface area contributed by atoms with Gasteiger partial charge in [0.05, 0.1) is 19.3 Å². The minimum absolute atomic E-state index is 0.000324. The van der Waals surface area contributed by atoms with Crippen LogP contribution in [0.4, 0.5) is 0 Å². The summed E-state index contributed by atoms with van der Waals surface area (Å²) in [5.74, 6) is 0.854. The summed E-state index contributed by atoms with van der Waals surface area (Å²) >= 11 is 0. The first-order valence-electron chi connectivity index (χ1n) is 10.6. The summed E-state index contributed by atoms with van der Waals surface area (Å²) in [4.78, 5) is 29.5. The summed E-state index contributed by atoms with van der Waals surface area (Å²) in [7, 11) is 0. The van der Waals surface area contributed by atoms with E-state index in [1.54, 1.807) is 0 Å². The van der Waals surface area contributed by atoms with Crippen LogP contribution in [0.2, 0.25) is 0 Å². The number of amides is 2. The molecule has 0 aliphatic carbocycles. The van der Waals surface area contributed by atoms with Crippen molar-refractivity contribution < 1.29 is 19.1 Å². The third-order valence-electron chi connectivity index (χ3n) is 5.75. The van der Waals surface area contributed by atoms with E-state index < -0.39 is 0 Å². The van der Waals surface area contributed by atoms with E-state index >= 15 is 0 Å². The number of fused-ring (bicyclic) bond motifs is 1. The van der Waals surface area contributed by atoms with Crippen molar-refractivity contribution in [2.75, 3.05) is 32.9 Å². The number of morpholine rings is 1. The minimum Gasteiger partial charge on any atom is -0.491 e. The fraction of sp³-hybridized carbons (Fsp3) is 0.417. The Hall–Kier alpha value is -2.86. The summed E-state index contributed by atoms with van der Waals surface area (Å²) < 4.78 is 11.3. The van der Waals surface area contributed by atoms with Gasteiger partial charge in [0.2, 0.25) is 5.91 Å². The van der Waals surface area contributed by atoms with Gasteiger partial charge in [-0.3, -0.25) is 9.59 Å². The highest BCUT2D eigenvalue weighted by Gasteiger charge is 2.27. The number of hydrogen-bond acceptors (Lipinski definition) is 4. The third kappa shape index (κ3) is 4.65. The molecule has 6 heteroatoms. The van der Waals surface area contributed by atoms with Crippen molar-refractivity contribution in [1.29, 1.82) is 0 Å². The van der Waals surface area contributed by atoms with Crippen LogP contribution in [0, 0.1) is 0 Å². The summed E-state index contributed by atoms with van der Waals surface area (Å²) in [6.07, 6.45) is 1.17. The summed E-state index contributed by atoms with van der Waals surface area (Å²) in [5.41, 5.74) is 2.67. The molecule has 1 saturated heterocycles. The lowest BCUT2D eigenvalue weighted by Crippen LogP contribution is -2.41. The molecule has 0 N–H and O–H groups in total. The van der Waals surface area contributed by atoms with Crippen LogP contribution in [0.3, 0.4) is 0 Å². The molecule has 2 aliphatic heterocycles. The van der Waals surface area contributed by atoms with Gasteiger partial charge >= 0.3 is 0 Å². The Bertz CT molecular complexity index is 893. The molecule has 0 spiro atoms. The molecule has 2 aromatic carbocycles. The number of rotatable bonds is 4. The lowest BCUT2D eigenvalue weighted by atomic mass is 10.1. The van der Waals surface area contributed by atoms with Crippen molar-refractivity contribution in [1.82, 2.24) is 9.80 Å². The number of carbonyl (C=O) groups is 2. The van der Waals surface area contributed by atoms with Crippen LogP contribution in [0.1, 0.15) is 34.8 Å². The van der Waals surface area contributed by atoms with E-state index in [0.29, 0.717) is 57.9 Å².